The molecule has 2 unspecified atom stereocenters. The predicted octanol–water partition coefficient (Wildman–Crippen LogP) is 2.88. The molecule has 0 aromatic carbocycles. The Bertz CT molecular complexity index is 278. The van der Waals surface area contributed by atoms with Gasteiger partial charge in [0.25, 0.3) is 0 Å². The Morgan fingerprint density at radius 2 is 2.00 bits per heavy atom. The lowest BCUT2D eigenvalue weighted by atomic mass is 9.72. The molecule has 86 valence electrons. The van der Waals surface area contributed by atoms with Gasteiger partial charge in [-0.15, -0.1) is 0 Å². The van der Waals surface area contributed by atoms with Crippen molar-refractivity contribution in [1.82, 2.24) is 0 Å². The van der Waals surface area contributed by atoms with E-state index in [4.69, 9.17) is 5.73 Å². The number of primary amides is 1. The van der Waals surface area contributed by atoms with E-state index in [9.17, 15) is 4.79 Å². The Balaban J connectivity index is 2.98. The molecule has 2 N–H and O–H groups in total. The summed E-state index contributed by atoms with van der Waals surface area (Å²) >= 11 is 0. The first-order valence-electron chi connectivity index (χ1n) is 5.93. The third-order valence-electron chi connectivity index (χ3n) is 3.64. The van der Waals surface area contributed by atoms with Crippen molar-refractivity contribution in [3.05, 3.63) is 11.1 Å². The van der Waals surface area contributed by atoms with Crippen LogP contribution < -0.4 is 5.73 Å². The van der Waals surface area contributed by atoms with E-state index in [1.165, 1.54) is 18.4 Å². The van der Waals surface area contributed by atoms with E-state index in [0.717, 1.165) is 12.0 Å². The van der Waals surface area contributed by atoms with Crippen LogP contribution in [0.3, 0.4) is 0 Å². The van der Waals surface area contributed by atoms with Gasteiger partial charge in [-0.25, -0.2) is 0 Å². The average molecular weight is 209 g/mol. The van der Waals surface area contributed by atoms with Crippen LogP contribution in [0.15, 0.2) is 11.1 Å². The molecule has 1 amide bonds. The van der Waals surface area contributed by atoms with Crippen molar-refractivity contribution < 1.29 is 4.79 Å². The maximum atomic E-state index is 11.2. The number of hydrogen-bond acceptors (Lipinski definition) is 1. The van der Waals surface area contributed by atoms with Gasteiger partial charge in [-0.2, -0.15) is 0 Å². The second-order valence-electron chi connectivity index (χ2n) is 5.25. The van der Waals surface area contributed by atoms with Crippen LogP contribution in [-0.2, 0) is 4.79 Å². The van der Waals surface area contributed by atoms with Gasteiger partial charge in [-0.3, -0.25) is 4.79 Å². The Morgan fingerprint density at radius 3 is 2.47 bits per heavy atom. The number of hydrogen-bond donors (Lipinski definition) is 1. The van der Waals surface area contributed by atoms with E-state index < -0.39 is 0 Å². The molecule has 1 saturated carbocycles. The molecule has 2 heteroatoms. The van der Waals surface area contributed by atoms with Crippen molar-refractivity contribution in [3.63, 3.8) is 0 Å². The summed E-state index contributed by atoms with van der Waals surface area (Å²) in [6.45, 7) is 8.60. The molecule has 0 aliphatic heterocycles. The molecule has 0 saturated heterocycles. The fraction of sp³-hybridized carbons (Fsp3) is 0.769. The summed E-state index contributed by atoms with van der Waals surface area (Å²) < 4.78 is 0. The minimum absolute atomic E-state index is 0.246. The van der Waals surface area contributed by atoms with Crippen molar-refractivity contribution in [2.75, 3.05) is 0 Å². The lowest BCUT2D eigenvalue weighted by molar-refractivity contribution is -0.114. The zero-order chi connectivity index (χ0) is 11.6. The van der Waals surface area contributed by atoms with Gasteiger partial charge >= 0.3 is 0 Å². The molecule has 0 bridgehead atoms. The zero-order valence-electron chi connectivity index (χ0n) is 10.3. The summed E-state index contributed by atoms with van der Waals surface area (Å²) in [5, 5.41) is 0. The third kappa shape index (κ3) is 2.83. The van der Waals surface area contributed by atoms with Crippen LogP contribution in [0.4, 0.5) is 0 Å². The number of carbonyl (C=O) groups is 1. The first-order chi connectivity index (χ1) is 6.93. The van der Waals surface area contributed by atoms with E-state index in [-0.39, 0.29) is 5.91 Å². The fourth-order valence-corrected chi connectivity index (χ4v) is 2.59. The van der Waals surface area contributed by atoms with Crippen LogP contribution in [0.2, 0.25) is 0 Å². The largest absolute Gasteiger partial charge is 0.366 e. The summed E-state index contributed by atoms with van der Waals surface area (Å²) in [6, 6.07) is 0. The van der Waals surface area contributed by atoms with Crippen LogP contribution in [-0.4, -0.2) is 5.91 Å². The minimum atomic E-state index is -0.246. The molecule has 1 aliphatic rings. The summed E-state index contributed by atoms with van der Waals surface area (Å²) in [7, 11) is 0. The topological polar surface area (TPSA) is 43.1 Å². The van der Waals surface area contributed by atoms with Gasteiger partial charge in [-0.1, -0.05) is 26.3 Å². The van der Waals surface area contributed by atoms with Gasteiger partial charge in [-0.05, 0) is 43.9 Å². The molecule has 1 rings (SSSR count). The van der Waals surface area contributed by atoms with Gasteiger partial charge in [0.1, 0.15) is 0 Å². The molecule has 0 aromatic heterocycles. The van der Waals surface area contributed by atoms with E-state index >= 15 is 0 Å². The maximum absolute atomic E-state index is 11.2. The molecule has 1 fully saturated rings. The fourth-order valence-electron chi connectivity index (χ4n) is 2.59. The first-order valence-corrected chi connectivity index (χ1v) is 5.93. The third-order valence-corrected chi connectivity index (χ3v) is 3.64. The molecule has 0 aromatic rings. The van der Waals surface area contributed by atoms with Crippen molar-refractivity contribution in [3.8, 4) is 0 Å². The monoisotopic (exact) mass is 209 g/mol. The summed E-state index contributed by atoms with van der Waals surface area (Å²) in [6.07, 6.45) is 3.54. The molecule has 2 nitrogen and oxygen atoms in total. The van der Waals surface area contributed by atoms with Gasteiger partial charge in [0.05, 0.1) is 0 Å². The normalized spacial score (nSPS) is 30.5. The van der Waals surface area contributed by atoms with Crippen LogP contribution >= 0.6 is 0 Å². The van der Waals surface area contributed by atoms with Crippen LogP contribution in [0.1, 0.15) is 47.0 Å². The lowest BCUT2D eigenvalue weighted by Gasteiger charge is -2.33. The van der Waals surface area contributed by atoms with Crippen molar-refractivity contribution >= 4 is 5.91 Å². The van der Waals surface area contributed by atoms with E-state index in [2.05, 4.69) is 20.8 Å². The quantitative estimate of drug-likeness (QED) is 0.698. The smallest absolute Gasteiger partial charge is 0.244 e. The van der Waals surface area contributed by atoms with Crippen molar-refractivity contribution in [2.24, 2.45) is 23.5 Å². The number of rotatable bonds is 2. The Labute approximate surface area is 92.9 Å². The number of carbonyl (C=O) groups excluding carboxylic acids is 1. The number of allylic oxidation sites excluding steroid dienone is 1. The highest BCUT2D eigenvalue weighted by Gasteiger charge is 2.27. The minimum Gasteiger partial charge on any atom is -0.366 e. The molecule has 0 heterocycles. The molecule has 15 heavy (non-hydrogen) atoms. The van der Waals surface area contributed by atoms with Crippen LogP contribution in [0, 0.1) is 17.8 Å². The average Bonchev–Trinajstić information content (AvgIpc) is 2.15. The van der Waals surface area contributed by atoms with Crippen molar-refractivity contribution in [2.45, 2.75) is 47.0 Å². The second-order valence-corrected chi connectivity index (χ2v) is 5.25. The summed E-state index contributed by atoms with van der Waals surface area (Å²) in [4.78, 5) is 11.2. The van der Waals surface area contributed by atoms with Crippen LogP contribution in [0.5, 0.6) is 0 Å². The van der Waals surface area contributed by atoms with Gasteiger partial charge in [0.2, 0.25) is 5.91 Å². The zero-order valence-corrected chi connectivity index (χ0v) is 10.3. The second kappa shape index (κ2) is 4.82. The molecular weight excluding hydrogens is 186 g/mol. The van der Waals surface area contributed by atoms with E-state index in [1.54, 1.807) is 0 Å². The van der Waals surface area contributed by atoms with Gasteiger partial charge in [0, 0.05) is 5.57 Å². The Kier molecular flexibility index (Phi) is 3.95. The SMILES string of the molecule is CC(C(N)=O)=C1CC(C)CCC1C(C)C. The summed E-state index contributed by atoms with van der Waals surface area (Å²) in [5.74, 6) is 1.63. The molecule has 1 aliphatic carbocycles. The summed E-state index contributed by atoms with van der Waals surface area (Å²) in [5.41, 5.74) is 7.50. The first kappa shape index (κ1) is 12.3. The molecule has 0 radical (unpaired) electrons. The van der Waals surface area contributed by atoms with Crippen LogP contribution in [0.25, 0.3) is 0 Å². The maximum Gasteiger partial charge on any atom is 0.244 e. The Hall–Kier alpha value is -0.790. The molecule has 2 atom stereocenters. The Morgan fingerprint density at radius 1 is 1.40 bits per heavy atom. The van der Waals surface area contributed by atoms with Gasteiger partial charge in [0.15, 0.2) is 0 Å². The molecule has 0 spiro atoms. The van der Waals surface area contributed by atoms with Gasteiger partial charge < -0.3 is 5.73 Å². The highest BCUT2D eigenvalue weighted by Crippen LogP contribution is 2.38. The molecular formula is C13H23NO. The number of amides is 1. The highest BCUT2D eigenvalue weighted by molar-refractivity contribution is 5.92. The number of nitrogens with two attached hydrogens (primary N) is 1. The van der Waals surface area contributed by atoms with E-state index in [1.807, 2.05) is 6.92 Å². The highest BCUT2D eigenvalue weighted by atomic mass is 16.1. The predicted molar refractivity (Wildman–Crippen MR) is 63.2 cm³/mol. The lowest BCUT2D eigenvalue weighted by Crippen LogP contribution is -2.25. The standard InChI is InChI=1S/C13H23NO/c1-8(2)11-6-5-9(3)7-12(11)10(4)13(14)15/h8-9,11H,5-7H2,1-4H3,(H2,14,15). The van der Waals surface area contributed by atoms with E-state index in [0.29, 0.717) is 17.8 Å². The van der Waals surface area contributed by atoms with Crippen molar-refractivity contribution in [1.29, 1.82) is 0 Å².